The van der Waals surface area contributed by atoms with Gasteiger partial charge < -0.3 is 19.1 Å². The minimum Gasteiger partial charge on any atom is -0.444 e. The maximum Gasteiger partial charge on any atom is 0.410 e. The number of rotatable bonds is 8. The third-order valence-corrected chi connectivity index (χ3v) is 12.3. The summed E-state index contributed by atoms with van der Waals surface area (Å²) in [5.74, 6) is -1.04. The van der Waals surface area contributed by atoms with Gasteiger partial charge >= 0.3 is 12.1 Å². The number of carbonyl (C=O) groups is 3. The first-order valence-corrected chi connectivity index (χ1v) is 20.0. The smallest absolute Gasteiger partial charge is 0.410 e. The summed E-state index contributed by atoms with van der Waals surface area (Å²) in [7, 11) is 0. The van der Waals surface area contributed by atoms with Gasteiger partial charge in [0.05, 0.1) is 39.8 Å². The zero-order valence-corrected chi connectivity index (χ0v) is 33.9. The number of amides is 3. The van der Waals surface area contributed by atoms with Gasteiger partial charge in [0.25, 0.3) is 0 Å². The van der Waals surface area contributed by atoms with Crippen molar-refractivity contribution >= 4 is 68.6 Å². The zero-order valence-electron chi connectivity index (χ0n) is 32.4. The van der Waals surface area contributed by atoms with Crippen LogP contribution in [-0.4, -0.2) is 73.5 Å². The molecule has 3 saturated heterocycles. The fourth-order valence-electron chi connectivity index (χ4n) is 8.97. The van der Waals surface area contributed by atoms with Crippen molar-refractivity contribution in [1.82, 2.24) is 24.3 Å². The molecule has 57 heavy (non-hydrogen) atoms. The summed E-state index contributed by atoms with van der Waals surface area (Å²) >= 11 is 13.1. The molecule has 5 aromatic rings. The van der Waals surface area contributed by atoms with Crippen molar-refractivity contribution in [1.29, 1.82) is 5.26 Å². The Morgan fingerprint density at radius 1 is 1.11 bits per heavy atom. The van der Waals surface area contributed by atoms with Crippen molar-refractivity contribution in [3.05, 3.63) is 87.7 Å². The standard InChI is InChI=1S/C43H42Cl2FN7O4/c1-23(50-17-8-18-51(41(50)55)27-12-15-48-16-13-27)32-21-30-37(24(2)54)49-38-29(19-25(9-7-14-47)34(36(38)46)28-10-6-11-31(44)35(28)45)40(30)53(32)39-26-20-33(39)52(22-26)42(56)57-43(3,4)5/h6,10-13,15-16,19,21,23,26,33,39H,7-9,17-18,20,22H2,1-5H3/t23-,26-,33-,39+/m1/s1. The summed E-state index contributed by atoms with van der Waals surface area (Å²) in [6.45, 7) is 10.3. The van der Waals surface area contributed by atoms with Crippen LogP contribution in [-0.2, 0) is 11.2 Å². The molecular weight excluding hydrogens is 768 g/mol. The number of aryl methyl sites for hydroxylation is 1. The van der Waals surface area contributed by atoms with Gasteiger partial charge in [-0.2, -0.15) is 5.26 Å². The van der Waals surface area contributed by atoms with Crippen molar-refractivity contribution < 1.29 is 23.5 Å². The number of anilines is 1. The first-order valence-electron chi connectivity index (χ1n) is 19.2. The molecule has 1 aliphatic carbocycles. The summed E-state index contributed by atoms with van der Waals surface area (Å²) in [5, 5.41) is 11.0. The van der Waals surface area contributed by atoms with E-state index in [0.29, 0.717) is 53.5 Å². The molecule has 3 aromatic heterocycles. The van der Waals surface area contributed by atoms with E-state index in [1.165, 1.54) is 6.92 Å². The van der Waals surface area contributed by atoms with E-state index in [1.807, 2.05) is 44.7 Å². The predicted octanol–water partition coefficient (Wildman–Crippen LogP) is 9.93. The van der Waals surface area contributed by atoms with Crippen LogP contribution in [0.5, 0.6) is 0 Å². The molecule has 4 atom stereocenters. The second kappa shape index (κ2) is 14.6. The lowest BCUT2D eigenvalue weighted by molar-refractivity contribution is 0.0208. The summed E-state index contributed by atoms with van der Waals surface area (Å²) in [4.78, 5) is 55.7. The maximum absolute atomic E-state index is 17.5. The number of carbonyl (C=O) groups excluding carboxylic acids is 3. The molecule has 3 amide bonds. The Balaban J connectivity index is 1.38. The molecule has 2 bridgehead atoms. The van der Waals surface area contributed by atoms with E-state index in [2.05, 4.69) is 15.6 Å². The van der Waals surface area contributed by atoms with Gasteiger partial charge in [0.2, 0.25) is 0 Å². The second-order valence-corrected chi connectivity index (χ2v) is 16.9. The number of Topliss-reactive ketones (excluding diaryl/α,β-unsaturated/α-hetero) is 1. The molecule has 6 heterocycles. The molecule has 11 nitrogen and oxygen atoms in total. The maximum atomic E-state index is 17.5. The third-order valence-electron chi connectivity index (χ3n) is 11.5. The van der Waals surface area contributed by atoms with Crippen LogP contribution in [0.3, 0.4) is 0 Å². The molecule has 0 N–H and O–H groups in total. The fraction of sp³-hybridized carbons (Fsp3) is 0.395. The first-order chi connectivity index (χ1) is 27.2. The number of urea groups is 1. The van der Waals surface area contributed by atoms with Crippen LogP contribution in [0.2, 0.25) is 10.0 Å². The number of fused-ring (bicyclic) bond motifs is 4. The van der Waals surface area contributed by atoms with Crippen LogP contribution in [0, 0.1) is 23.1 Å². The lowest BCUT2D eigenvalue weighted by atomic mass is 9.79. The Morgan fingerprint density at radius 2 is 1.86 bits per heavy atom. The molecule has 0 unspecified atom stereocenters. The molecule has 1 saturated carbocycles. The summed E-state index contributed by atoms with van der Waals surface area (Å²) < 4.78 is 25.4. The van der Waals surface area contributed by atoms with Gasteiger partial charge in [-0.25, -0.2) is 19.0 Å². The lowest BCUT2D eigenvalue weighted by Gasteiger charge is -2.42. The Hall–Kier alpha value is -5.25. The van der Waals surface area contributed by atoms with Gasteiger partial charge in [0.15, 0.2) is 11.6 Å². The molecule has 14 heteroatoms. The van der Waals surface area contributed by atoms with Crippen LogP contribution < -0.4 is 4.90 Å². The minimum absolute atomic E-state index is 0.0193. The number of benzene rings is 2. The Morgan fingerprint density at radius 3 is 2.56 bits per heavy atom. The summed E-state index contributed by atoms with van der Waals surface area (Å²) in [5.41, 5.74) is 2.43. The van der Waals surface area contributed by atoms with Crippen molar-refractivity contribution in [2.75, 3.05) is 24.5 Å². The molecular formula is C43H42Cl2FN7O4. The number of nitrogens with zero attached hydrogens (tertiary/aromatic N) is 7. The minimum atomic E-state index is -0.701. The SMILES string of the molecule is CC(=O)c1nc2c(F)c(-c3cccc(Cl)c3Cl)c(CCC#N)cc2c2c1cc([C@@H](C)N1CCCN(c3ccncc3)C1=O)n2[C@H]1[C@@H]2C[C@H]1N(C(=O)OC(C)(C)C)C2. The Bertz CT molecular complexity index is 2510. The number of nitriles is 1. The van der Waals surface area contributed by atoms with E-state index in [0.717, 1.165) is 17.8 Å². The van der Waals surface area contributed by atoms with Gasteiger partial charge in [-0.1, -0.05) is 35.3 Å². The number of ketones is 1. The molecule has 0 radical (unpaired) electrons. The molecule has 9 rings (SSSR count). The molecule has 4 fully saturated rings. The van der Waals surface area contributed by atoms with Crippen LogP contribution in [0.15, 0.2) is 54.9 Å². The van der Waals surface area contributed by atoms with E-state index in [-0.39, 0.29) is 69.5 Å². The van der Waals surface area contributed by atoms with Gasteiger partial charge in [-0.3, -0.25) is 14.7 Å². The molecule has 3 aliphatic heterocycles. The number of hydrogen-bond donors (Lipinski definition) is 0. The number of halogens is 3. The van der Waals surface area contributed by atoms with Crippen molar-refractivity contribution in [3.63, 3.8) is 0 Å². The monoisotopic (exact) mass is 809 g/mol. The predicted molar refractivity (Wildman–Crippen MR) is 217 cm³/mol. The Kier molecular flexibility index (Phi) is 9.89. The fourth-order valence-corrected chi connectivity index (χ4v) is 9.37. The topological polar surface area (TPSA) is 125 Å². The average molecular weight is 811 g/mol. The second-order valence-electron chi connectivity index (χ2n) is 16.1. The summed E-state index contributed by atoms with van der Waals surface area (Å²) in [6.07, 6.45) is 4.65. The van der Waals surface area contributed by atoms with Crippen LogP contribution in [0.25, 0.3) is 32.9 Å². The number of ether oxygens (including phenoxy) is 1. The van der Waals surface area contributed by atoms with E-state index in [9.17, 15) is 19.6 Å². The molecule has 294 valence electrons. The van der Waals surface area contributed by atoms with Crippen LogP contribution in [0.1, 0.15) is 87.7 Å². The van der Waals surface area contributed by atoms with E-state index >= 15 is 4.39 Å². The normalized spacial score (nSPS) is 19.9. The van der Waals surface area contributed by atoms with Gasteiger partial charge in [-0.05, 0) is 82.9 Å². The summed E-state index contributed by atoms with van der Waals surface area (Å²) in [6, 6.07) is 13.3. The highest BCUT2D eigenvalue weighted by atomic mass is 35.5. The van der Waals surface area contributed by atoms with Gasteiger partial charge in [0, 0.05) is 84.6 Å². The van der Waals surface area contributed by atoms with Crippen LogP contribution in [0.4, 0.5) is 19.7 Å². The number of pyridine rings is 2. The van der Waals surface area contributed by atoms with E-state index in [1.54, 1.807) is 52.5 Å². The largest absolute Gasteiger partial charge is 0.444 e. The van der Waals surface area contributed by atoms with Crippen molar-refractivity contribution in [2.45, 2.75) is 84.0 Å². The van der Waals surface area contributed by atoms with Crippen LogP contribution >= 0.6 is 23.2 Å². The highest BCUT2D eigenvalue weighted by molar-refractivity contribution is 6.43. The number of hydrogen-bond acceptors (Lipinski definition) is 7. The average Bonchev–Trinajstić information content (AvgIpc) is 3.88. The molecule has 4 aliphatic rings. The quantitative estimate of drug-likeness (QED) is 0.143. The first kappa shape index (κ1) is 38.6. The zero-order chi connectivity index (χ0) is 40.5. The van der Waals surface area contributed by atoms with Gasteiger partial charge in [-0.15, -0.1) is 0 Å². The lowest BCUT2D eigenvalue weighted by Crippen LogP contribution is -2.51. The number of aromatic nitrogens is 3. The molecule has 0 spiro atoms. The van der Waals surface area contributed by atoms with E-state index < -0.39 is 23.6 Å². The molecule has 2 aromatic carbocycles. The van der Waals surface area contributed by atoms with E-state index in [4.69, 9.17) is 32.9 Å². The van der Waals surface area contributed by atoms with Crippen molar-refractivity contribution in [3.8, 4) is 17.2 Å². The van der Waals surface area contributed by atoms with Crippen molar-refractivity contribution in [2.24, 2.45) is 5.92 Å². The van der Waals surface area contributed by atoms with Gasteiger partial charge in [0.1, 0.15) is 16.8 Å². The highest BCUT2D eigenvalue weighted by Crippen LogP contribution is 2.54. The highest BCUT2D eigenvalue weighted by Gasteiger charge is 2.56. The Labute approximate surface area is 339 Å². The third kappa shape index (κ3) is 6.54.